The Balaban J connectivity index is 1.29. The van der Waals surface area contributed by atoms with Crippen molar-refractivity contribution < 1.29 is 38.0 Å². The third kappa shape index (κ3) is 5.73. The number of anilines is 1. The van der Waals surface area contributed by atoms with E-state index in [0.717, 1.165) is 43.7 Å². The van der Waals surface area contributed by atoms with Gasteiger partial charge in [0.25, 0.3) is 6.43 Å². The van der Waals surface area contributed by atoms with E-state index in [2.05, 4.69) is 4.90 Å². The van der Waals surface area contributed by atoms with Crippen molar-refractivity contribution in [2.24, 2.45) is 0 Å². The number of nitrogens with zero attached hydrogens (tertiary/aromatic N) is 2. The Morgan fingerprint density at radius 2 is 1.89 bits per heavy atom. The molecule has 0 bridgehead atoms. The average Bonchev–Trinajstić information content (AvgIpc) is 3.42. The molecule has 2 atom stereocenters. The quantitative estimate of drug-likeness (QED) is 0.488. The lowest BCUT2D eigenvalue weighted by atomic mass is 9.86. The summed E-state index contributed by atoms with van der Waals surface area (Å²) >= 11 is 12.3. The topological polar surface area (TPSA) is 91.7 Å². The molecule has 2 saturated heterocycles. The predicted molar refractivity (Wildman–Crippen MR) is 137 cm³/mol. The zero-order chi connectivity index (χ0) is 27.0. The van der Waals surface area contributed by atoms with Gasteiger partial charge in [-0.25, -0.2) is 13.6 Å². The predicted octanol–water partition coefficient (Wildman–Crippen LogP) is 4.12. The minimum atomic E-state index is -2.69. The van der Waals surface area contributed by atoms with Crippen LogP contribution >= 0.6 is 23.2 Å². The molecule has 3 aliphatic heterocycles. The summed E-state index contributed by atoms with van der Waals surface area (Å²) in [5.41, 5.74) is 1.25. The fraction of sp³-hybridized carbons (Fsp3) is 0.500. The average molecular weight is 573 g/mol. The van der Waals surface area contributed by atoms with E-state index < -0.39 is 31.7 Å². The van der Waals surface area contributed by atoms with E-state index in [9.17, 15) is 18.7 Å². The van der Waals surface area contributed by atoms with E-state index in [4.69, 9.17) is 42.5 Å². The molecule has 2 unspecified atom stereocenters. The maximum Gasteiger partial charge on any atom is 0.341 e. The molecule has 0 aromatic heterocycles. The van der Waals surface area contributed by atoms with Gasteiger partial charge in [-0.3, -0.25) is 4.90 Å². The molecular weight excluding hydrogens is 545 g/mol. The third-order valence-electron chi connectivity index (χ3n) is 7.37. The number of aliphatic carboxylic acids is 1. The molecule has 0 aliphatic carbocycles. The Bertz CT molecular complexity index is 1190. The minimum Gasteiger partial charge on any atom is -0.487 e. The van der Waals surface area contributed by atoms with E-state index in [-0.39, 0.29) is 34.7 Å². The highest BCUT2D eigenvalue weighted by atomic mass is 35.5. The molecule has 2 aromatic carbocycles. The second-order valence-corrected chi connectivity index (χ2v) is 10.8. The van der Waals surface area contributed by atoms with Crippen molar-refractivity contribution in [1.29, 1.82) is 0 Å². The highest BCUT2D eigenvalue weighted by Gasteiger charge is 2.45. The summed E-state index contributed by atoms with van der Waals surface area (Å²) in [5.74, 6) is -0.106. The van der Waals surface area contributed by atoms with Gasteiger partial charge >= 0.3 is 5.97 Å². The number of halogens is 4. The zero-order valence-electron chi connectivity index (χ0n) is 20.4. The molecule has 0 amide bonds. The third-order valence-corrected chi connectivity index (χ3v) is 7.90. The lowest BCUT2D eigenvalue weighted by Gasteiger charge is -2.41. The normalized spacial score (nSPS) is 22.5. The Morgan fingerprint density at radius 3 is 2.61 bits per heavy atom. The van der Waals surface area contributed by atoms with Crippen LogP contribution in [-0.4, -0.2) is 84.6 Å². The second-order valence-electron chi connectivity index (χ2n) is 9.92. The number of carboxylic acids is 1. The molecule has 38 heavy (non-hydrogen) atoms. The molecule has 0 saturated carbocycles. The number of hydrogen-bond donors (Lipinski definition) is 2. The van der Waals surface area contributed by atoms with Crippen LogP contribution in [0.5, 0.6) is 17.2 Å². The number of β-amino-alcohol motifs (C(OH)–C–C–N with tert-alkyl or cyclic N) is 1. The van der Waals surface area contributed by atoms with Crippen molar-refractivity contribution >= 4 is 34.9 Å². The maximum atomic E-state index is 12.7. The first kappa shape index (κ1) is 27.1. The van der Waals surface area contributed by atoms with E-state index in [1.54, 1.807) is 0 Å². The van der Waals surface area contributed by atoms with Gasteiger partial charge in [0.2, 0.25) is 0 Å². The number of carboxylic acid groups (broad SMARTS) is 1. The monoisotopic (exact) mass is 572 g/mol. The van der Waals surface area contributed by atoms with E-state index in [1.165, 1.54) is 12.1 Å². The fourth-order valence-corrected chi connectivity index (χ4v) is 5.96. The first-order chi connectivity index (χ1) is 18.1. The molecule has 0 radical (unpaired) electrons. The zero-order valence-corrected chi connectivity index (χ0v) is 21.9. The van der Waals surface area contributed by atoms with E-state index >= 15 is 0 Å². The van der Waals surface area contributed by atoms with Crippen molar-refractivity contribution in [3.63, 3.8) is 0 Å². The van der Waals surface area contributed by atoms with Crippen LogP contribution in [-0.2, 0) is 11.2 Å². The number of ether oxygens (including phenoxy) is 3. The molecule has 2 fully saturated rings. The van der Waals surface area contributed by atoms with Crippen molar-refractivity contribution in [1.82, 2.24) is 4.90 Å². The molecule has 3 heterocycles. The Kier molecular flexibility index (Phi) is 7.77. The number of aliphatic hydroxyl groups is 1. The summed E-state index contributed by atoms with van der Waals surface area (Å²) in [6.07, 6.45) is -0.999. The summed E-state index contributed by atoms with van der Waals surface area (Å²) in [7, 11) is 0. The molecule has 3 aliphatic rings. The Labute approximate surface area is 228 Å². The molecule has 12 heteroatoms. The first-order valence-corrected chi connectivity index (χ1v) is 13.1. The van der Waals surface area contributed by atoms with E-state index in [0.29, 0.717) is 17.3 Å². The van der Waals surface area contributed by atoms with Gasteiger partial charge in [0.05, 0.1) is 22.9 Å². The van der Waals surface area contributed by atoms with E-state index in [1.807, 2.05) is 23.1 Å². The molecule has 1 spiro atoms. The number of fused-ring (bicyclic) bond motifs is 1. The summed E-state index contributed by atoms with van der Waals surface area (Å²) < 4.78 is 42.4. The van der Waals surface area contributed by atoms with Crippen LogP contribution in [0.3, 0.4) is 0 Å². The summed E-state index contributed by atoms with van der Waals surface area (Å²) in [5, 5.41) is 20.8. The SMILES string of the molecule is O=C(O)COc1cc(Cl)c(OCC(F)F)cc1N1CC(O)C(N2CCC3(CC2)Cc2cc(Cl)ccc2O3)C1. The van der Waals surface area contributed by atoms with Crippen molar-refractivity contribution in [2.45, 2.75) is 43.4 Å². The van der Waals surface area contributed by atoms with Crippen LogP contribution in [0, 0.1) is 0 Å². The van der Waals surface area contributed by atoms with Crippen LogP contribution in [0.1, 0.15) is 18.4 Å². The van der Waals surface area contributed by atoms with Gasteiger partial charge in [-0.2, -0.15) is 0 Å². The first-order valence-electron chi connectivity index (χ1n) is 12.4. The molecule has 5 rings (SSSR count). The van der Waals surface area contributed by atoms with Gasteiger partial charge in [-0.15, -0.1) is 0 Å². The van der Waals surface area contributed by atoms with Gasteiger partial charge in [0, 0.05) is 62.6 Å². The van der Waals surface area contributed by atoms with Crippen LogP contribution in [0.2, 0.25) is 10.0 Å². The lowest BCUT2D eigenvalue weighted by Crippen LogP contribution is -2.53. The van der Waals surface area contributed by atoms with Crippen LogP contribution in [0.25, 0.3) is 0 Å². The minimum absolute atomic E-state index is 0.0197. The van der Waals surface area contributed by atoms with Crippen molar-refractivity contribution in [3.8, 4) is 17.2 Å². The van der Waals surface area contributed by atoms with Gasteiger partial charge in [0.1, 0.15) is 29.5 Å². The Morgan fingerprint density at radius 1 is 1.13 bits per heavy atom. The number of likely N-dealkylation sites (tertiary alicyclic amines) is 1. The molecular formula is C26H28Cl2F2N2O6. The Hall–Kier alpha value is -2.53. The van der Waals surface area contributed by atoms with Crippen molar-refractivity contribution in [3.05, 3.63) is 45.9 Å². The van der Waals surface area contributed by atoms with Gasteiger partial charge in [-0.05, 0) is 23.8 Å². The highest BCUT2D eigenvalue weighted by Crippen LogP contribution is 2.44. The molecule has 206 valence electrons. The summed E-state index contributed by atoms with van der Waals surface area (Å²) in [6.45, 7) is 0.665. The highest BCUT2D eigenvalue weighted by molar-refractivity contribution is 6.32. The number of aliphatic hydroxyl groups excluding tert-OH is 1. The van der Waals surface area contributed by atoms with Gasteiger partial charge < -0.3 is 29.3 Å². The van der Waals surface area contributed by atoms with Crippen LogP contribution in [0.15, 0.2) is 30.3 Å². The largest absolute Gasteiger partial charge is 0.487 e. The molecule has 2 N–H and O–H groups in total. The number of rotatable bonds is 8. The standard InChI is InChI=1S/C26H28Cl2F2N2O6/c27-16-1-2-21-15(7-16)10-26(38-21)3-5-31(6-4-26)19-11-32(12-20(19)33)18-9-22(36-13-24(29)30)17(28)8-23(18)37-14-25(34)35/h1-2,7-9,19-20,24,33H,3-6,10-14H2,(H,34,35). The number of hydrogen-bond acceptors (Lipinski definition) is 7. The number of benzene rings is 2. The summed E-state index contributed by atoms with van der Waals surface area (Å²) in [6, 6.07) is 8.30. The second kappa shape index (κ2) is 10.9. The summed E-state index contributed by atoms with van der Waals surface area (Å²) in [4.78, 5) is 15.2. The lowest BCUT2D eigenvalue weighted by molar-refractivity contribution is -0.139. The molecule has 2 aromatic rings. The van der Waals surface area contributed by atoms with Gasteiger partial charge in [0.15, 0.2) is 6.61 Å². The van der Waals surface area contributed by atoms with Crippen molar-refractivity contribution in [2.75, 3.05) is 44.3 Å². The smallest absolute Gasteiger partial charge is 0.341 e. The number of piperidine rings is 1. The fourth-order valence-electron chi connectivity index (χ4n) is 5.56. The number of carbonyl (C=O) groups is 1. The molecule has 8 nitrogen and oxygen atoms in total. The van der Waals surface area contributed by atoms with Gasteiger partial charge in [-0.1, -0.05) is 23.2 Å². The maximum absolute atomic E-state index is 12.7. The number of alkyl halides is 2. The van der Waals surface area contributed by atoms with Crippen LogP contribution < -0.4 is 19.1 Å². The van der Waals surface area contributed by atoms with Crippen LogP contribution in [0.4, 0.5) is 14.5 Å².